The quantitative estimate of drug-likeness (QED) is 0.613. The molecule has 0 N–H and O–H groups in total. The van der Waals surface area contributed by atoms with E-state index in [1.165, 1.54) is 11.3 Å². The number of anilines is 1. The average molecular weight is 269 g/mol. The van der Waals surface area contributed by atoms with Crippen LogP contribution in [0.15, 0.2) is 54.6 Å². The summed E-state index contributed by atoms with van der Waals surface area (Å²) in [6.45, 7) is 2.59. The van der Waals surface area contributed by atoms with Crippen LogP contribution in [0, 0.1) is 0 Å². The standard InChI is InChI=1S/C17H19NO2/c1-3-17(19)20-16-11-9-14(10-12-16)13-18(2)15-7-5-4-6-8-15/h4-12H,3,13H2,1-2H3. The van der Waals surface area contributed by atoms with Crippen LogP contribution in [0.2, 0.25) is 0 Å². The van der Waals surface area contributed by atoms with Crippen molar-refractivity contribution < 1.29 is 9.53 Å². The van der Waals surface area contributed by atoms with Crippen molar-refractivity contribution in [1.82, 2.24) is 0 Å². The second-order valence-electron chi connectivity index (χ2n) is 4.66. The van der Waals surface area contributed by atoms with Crippen molar-refractivity contribution in [2.24, 2.45) is 0 Å². The number of carbonyl (C=O) groups excluding carboxylic acids is 1. The third-order valence-corrected chi connectivity index (χ3v) is 3.06. The third-order valence-electron chi connectivity index (χ3n) is 3.06. The van der Waals surface area contributed by atoms with Crippen molar-refractivity contribution >= 4 is 11.7 Å². The van der Waals surface area contributed by atoms with Gasteiger partial charge in [-0.05, 0) is 29.8 Å². The summed E-state index contributed by atoms with van der Waals surface area (Å²) in [6.07, 6.45) is 0.387. The minimum Gasteiger partial charge on any atom is -0.427 e. The predicted molar refractivity (Wildman–Crippen MR) is 80.9 cm³/mol. The van der Waals surface area contributed by atoms with E-state index in [2.05, 4.69) is 24.1 Å². The Morgan fingerprint density at radius 3 is 2.30 bits per heavy atom. The van der Waals surface area contributed by atoms with Gasteiger partial charge in [-0.25, -0.2) is 0 Å². The SMILES string of the molecule is CCC(=O)Oc1ccc(CN(C)c2ccccc2)cc1. The Morgan fingerprint density at radius 2 is 1.70 bits per heavy atom. The number of hydrogen-bond donors (Lipinski definition) is 0. The number of benzene rings is 2. The molecule has 0 saturated heterocycles. The largest absolute Gasteiger partial charge is 0.427 e. The molecule has 0 fully saturated rings. The Balaban J connectivity index is 1.98. The highest BCUT2D eigenvalue weighted by molar-refractivity contribution is 5.71. The minimum absolute atomic E-state index is 0.209. The van der Waals surface area contributed by atoms with Crippen molar-refractivity contribution in [1.29, 1.82) is 0 Å². The van der Waals surface area contributed by atoms with E-state index in [-0.39, 0.29) is 5.97 Å². The van der Waals surface area contributed by atoms with Crippen molar-refractivity contribution in [3.8, 4) is 5.75 Å². The number of carbonyl (C=O) groups is 1. The highest BCUT2D eigenvalue weighted by Crippen LogP contribution is 2.17. The predicted octanol–water partition coefficient (Wildman–Crippen LogP) is 3.64. The van der Waals surface area contributed by atoms with Crippen LogP contribution in [0.1, 0.15) is 18.9 Å². The molecule has 2 aromatic carbocycles. The molecule has 0 bridgehead atoms. The lowest BCUT2D eigenvalue weighted by molar-refractivity contribution is -0.134. The van der Waals surface area contributed by atoms with Gasteiger partial charge in [0.2, 0.25) is 0 Å². The van der Waals surface area contributed by atoms with Gasteiger partial charge in [0.1, 0.15) is 5.75 Å². The van der Waals surface area contributed by atoms with Crippen LogP contribution in [-0.4, -0.2) is 13.0 Å². The molecule has 104 valence electrons. The maximum absolute atomic E-state index is 11.2. The van der Waals surface area contributed by atoms with Crippen LogP contribution < -0.4 is 9.64 Å². The fraction of sp³-hybridized carbons (Fsp3) is 0.235. The molecular formula is C17H19NO2. The molecule has 2 rings (SSSR count). The summed E-state index contributed by atoms with van der Waals surface area (Å²) in [6, 6.07) is 17.9. The normalized spacial score (nSPS) is 10.1. The van der Waals surface area contributed by atoms with Crippen molar-refractivity contribution in [3.05, 3.63) is 60.2 Å². The van der Waals surface area contributed by atoms with Gasteiger partial charge < -0.3 is 9.64 Å². The Hall–Kier alpha value is -2.29. The maximum atomic E-state index is 11.2. The number of para-hydroxylation sites is 1. The molecule has 0 aliphatic heterocycles. The zero-order chi connectivity index (χ0) is 14.4. The van der Waals surface area contributed by atoms with E-state index in [0.717, 1.165) is 6.54 Å². The Labute approximate surface area is 119 Å². The number of rotatable bonds is 5. The molecule has 0 radical (unpaired) electrons. The first-order valence-corrected chi connectivity index (χ1v) is 6.75. The lowest BCUT2D eigenvalue weighted by Crippen LogP contribution is -2.16. The van der Waals surface area contributed by atoms with Gasteiger partial charge in [-0.1, -0.05) is 37.3 Å². The molecule has 0 spiro atoms. The van der Waals surface area contributed by atoms with Gasteiger partial charge in [-0.2, -0.15) is 0 Å². The Morgan fingerprint density at radius 1 is 1.05 bits per heavy atom. The molecule has 0 aromatic heterocycles. The van der Waals surface area contributed by atoms with Gasteiger partial charge in [0, 0.05) is 25.7 Å². The number of hydrogen-bond acceptors (Lipinski definition) is 3. The molecule has 0 heterocycles. The van der Waals surface area contributed by atoms with Crippen LogP contribution in [0.4, 0.5) is 5.69 Å². The van der Waals surface area contributed by atoms with Crippen LogP contribution in [0.25, 0.3) is 0 Å². The van der Waals surface area contributed by atoms with Gasteiger partial charge in [0.15, 0.2) is 0 Å². The molecule has 0 amide bonds. The van der Waals surface area contributed by atoms with Crippen LogP contribution >= 0.6 is 0 Å². The van der Waals surface area contributed by atoms with Gasteiger partial charge in [-0.15, -0.1) is 0 Å². The molecule has 0 atom stereocenters. The third kappa shape index (κ3) is 3.85. The summed E-state index contributed by atoms with van der Waals surface area (Å²) < 4.78 is 5.16. The van der Waals surface area contributed by atoms with Crippen molar-refractivity contribution in [3.63, 3.8) is 0 Å². The lowest BCUT2D eigenvalue weighted by Gasteiger charge is -2.19. The smallest absolute Gasteiger partial charge is 0.310 e. The van der Waals surface area contributed by atoms with Gasteiger partial charge >= 0.3 is 5.97 Å². The summed E-state index contributed by atoms with van der Waals surface area (Å²) in [4.78, 5) is 13.4. The maximum Gasteiger partial charge on any atom is 0.310 e. The summed E-state index contributed by atoms with van der Waals surface area (Å²) >= 11 is 0. The Kier molecular flexibility index (Phi) is 4.77. The molecule has 0 saturated carbocycles. The molecule has 3 nitrogen and oxygen atoms in total. The zero-order valence-corrected chi connectivity index (χ0v) is 11.9. The average Bonchev–Trinajstić information content (AvgIpc) is 2.50. The summed E-state index contributed by atoms with van der Waals surface area (Å²) in [5, 5.41) is 0. The first kappa shape index (κ1) is 14.1. The first-order chi connectivity index (χ1) is 9.69. The molecule has 20 heavy (non-hydrogen) atoms. The summed E-state index contributed by atoms with van der Waals surface area (Å²) in [5.41, 5.74) is 2.35. The van der Waals surface area contributed by atoms with E-state index in [4.69, 9.17) is 4.74 Å². The number of nitrogens with zero attached hydrogens (tertiary/aromatic N) is 1. The van der Waals surface area contributed by atoms with Crippen molar-refractivity contribution in [2.45, 2.75) is 19.9 Å². The first-order valence-electron chi connectivity index (χ1n) is 6.75. The second kappa shape index (κ2) is 6.75. The van der Waals surface area contributed by atoms with Gasteiger partial charge in [-0.3, -0.25) is 4.79 Å². The van der Waals surface area contributed by atoms with Crippen LogP contribution in [-0.2, 0) is 11.3 Å². The van der Waals surface area contributed by atoms with Gasteiger partial charge in [0.25, 0.3) is 0 Å². The van der Waals surface area contributed by atoms with E-state index >= 15 is 0 Å². The van der Waals surface area contributed by atoms with E-state index in [0.29, 0.717) is 12.2 Å². The monoisotopic (exact) mass is 269 g/mol. The Bertz CT molecular complexity index is 549. The van der Waals surface area contributed by atoms with Crippen LogP contribution in [0.3, 0.4) is 0 Å². The second-order valence-corrected chi connectivity index (χ2v) is 4.66. The van der Waals surface area contributed by atoms with Gasteiger partial charge in [0.05, 0.1) is 0 Å². The summed E-state index contributed by atoms with van der Waals surface area (Å²) in [5.74, 6) is 0.391. The fourth-order valence-corrected chi connectivity index (χ4v) is 1.91. The number of ether oxygens (including phenoxy) is 1. The highest BCUT2D eigenvalue weighted by Gasteiger charge is 2.04. The molecule has 3 heteroatoms. The molecular weight excluding hydrogens is 250 g/mol. The van der Waals surface area contributed by atoms with E-state index in [1.807, 2.05) is 42.5 Å². The molecule has 0 aliphatic carbocycles. The fourth-order valence-electron chi connectivity index (χ4n) is 1.91. The zero-order valence-electron chi connectivity index (χ0n) is 11.9. The topological polar surface area (TPSA) is 29.5 Å². The lowest BCUT2D eigenvalue weighted by atomic mass is 10.2. The summed E-state index contributed by atoms with van der Waals surface area (Å²) in [7, 11) is 2.06. The molecule has 0 aliphatic rings. The minimum atomic E-state index is -0.209. The highest BCUT2D eigenvalue weighted by atomic mass is 16.5. The molecule has 0 unspecified atom stereocenters. The molecule has 2 aromatic rings. The van der Waals surface area contributed by atoms with Crippen molar-refractivity contribution in [2.75, 3.05) is 11.9 Å². The van der Waals surface area contributed by atoms with E-state index in [1.54, 1.807) is 6.92 Å². The van der Waals surface area contributed by atoms with E-state index in [9.17, 15) is 4.79 Å². The number of esters is 1. The van der Waals surface area contributed by atoms with Crippen LogP contribution in [0.5, 0.6) is 5.75 Å². The van der Waals surface area contributed by atoms with E-state index < -0.39 is 0 Å².